The van der Waals surface area contributed by atoms with Crippen molar-refractivity contribution in [2.45, 2.75) is 32.3 Å². The van der Waals surface area contributed by atoms with Crippen LogP contribution in [0.4, 0.5) is 0 Å². The van der Waals surface area contributed by atoms with Crippen molar-refractivity contribution in [2.24, 2.45) is 11.3 Å². The quantitative estimate of drug-likeness (QED) is 0.887. The molecule has 2 aliphatic rings. The number of aliphatic hydroxyl groups is 1. The van der Waals surface area contributed by atoms with Gasteiger partial charge in [0.25, 0.3) is 5.91 Å². The molecule has 4 nitrogen and oxygen atoms in total. The molecule has 0 radical (unpaired) electrons. The van der Waals surface area contributed by atoms with Gasteiger partial charge in [0.05, 0.1) is 17.7 Å². The summed E-state index contributed by atoms with van der Waals surface area (Å²) in [6, 6.07) is 0. The van der Waals surface area contributed by atoms with Crippen molar-refractivity contribution in [3.05, 3.63) is 16.6 Å². The van der Waals surface area contributed by atoms with Gasteiger partial charge in [-0.15, -0.1) is 11.3 Å². The van der Waals surface area contributed by atoms with Gasteiger partial charge in [0.1, 0.15) is 5.69 Å². The van der Waals surface area contributed by atoms with Gasteiger partial charge in [0.2, 0.25) is 0 Å². The standard InChI is InChI=1S/C13H18N2O2S/c1-12(2)6-15(7-13(12,17)9-3-4-9)11(16)10-5-18-8-14-10/h5,8-9,17H,3-4,6-7H2,1-2H3/t13-/m0/s1. The third-order valence-corrected chi connectivity index (χ3v) is 4.97. The first-order chi connectivity index (χ1) is 8.44. The zero-order chi connectivity index (χ0) is 13.0. The Labute approximate surface area is 111 Å². The molecule has 2 fully saturated rings. The van der Waals surface area contributed by atoms with Gasteiger partial charge in [-0.25, -0.2) is 4.98 Å². The molecular weight excluding hydrogens is 248 g/mol. The second kappa shape index (κ2) is 3.78. The zero-order valence-electron chi connectivity index (χ0n) is 10.7. The van der Waals surface area contributed by atoms with Crippen LogP contribution < -0.4 is 0 Å². The summed E-state index contributed by atoms with van der Waals surface area (Å²) in [5.74, 6) is 0.307. The minimum Gasteiger partial charge on any atom is -0.387 e. The van der Waals surface area contributed by atoms with Crippen molar-refractivity contribution in [3.63, 3.8) is 0 Å². The Bertz CT molecular complexity index is 467. The molecule has 3 rings (SSSR count). The van der Waals surface area contributed by atoms with Crippen LogP contribution in [0.15, 0.2) is 10.9 Å². The van der Waals surface area contributed by atoms with Crippen LogP contribution in [0.25, 0.3) is 0 Å². The molecule has 0 spiro atoms. The van der Waals surface area contributed by atoms with Gasteiger partial charge in [0, 0.05) is 17.3 Å². The maximum atomic E-state index is 12.3. The lowest BCUT2D eigenvalue weighted by Gasteiger charge is -2.35. The van der Waals surface area contributed by atoms with E-state index < -0.39 is 5.60 Å². The molecule has 5 heteroatoms. The van der Waals surface area contributed by atoms with Crippen LogP contribution in [0.1, 0.15) is 37.2 Å². The van der Waals surface area contributed by atoms with Crippen molar-refractivity contribution in [2.75, 3.05) is 13.1 Å². The molecule has 0 bridgehead atoms. The van der Waals surface area contributed by atoms with E-state index in [-0.39, 0.29) is 11.3 Å². The van der Waals surface area contributed by atoms with Crippen LogP contribution in [0.2, 0.25) is 0 Å². The summed E-state index contributed by atoms with van der Waals surface area (Å²) >= 11 is 1.42. The Balaban J connectivity index is 1.83. The van der Waals surface area contributed by atoms with E-state index in [0.717, 1.165) is 12.8 Å². The number of hydrogen-bond acceptors (Lipinski definition) is 4. The molecular formula is C13H18N2O2S. The van der Waals surface area contributed by atoms with Gasteiger partial charge in [0.15, 0.2) is 0 Å². The third kappa shape index (κ3) is 1.68. The largest absolute Gasteiger partial charge is 0.387 e. The molecule has 1 amide bonds. The monoisotopic (exact) mass is 266 g/mol. The first-order valence-electron chi connectivity index (χ1n) is 6.34. The predicted molar refractivity (Wildman–Crippen MR) is 69.5 cm³/mol. The normalized spacial score (nSPS) is 30.7. The summed E-state index contributed by atoms with van der Waals surface area (Å²) < 4.78 is 0. The molecule has 1 aromatic rings. The third-order valence-electron chi connectivity index (χ3n) is 4.38. The molecule has 1 aromatic heterocycles. The van der Waals surface area contributed by atoms with Crippen LogP contribution in [-0.2, 0) is 0 Å². The lowest BCUT2D eigenvalue weighted by Crippen LogP contribution is -2.46. The van der Waals surface area contributed by atoms with E-state index in [9.17, 15) is 9.90 Å². The fourth-order valence-electron chi connectivity index (χ4n) is 3.04. The average Bonchev–Trinajstić information content (AvgIpc) is 2.96. The maximum absolute atomic E-state index is 12.3. The van der Waals surface area contributed by atoms with E-state index in [0.29, 0.717) is 24.7 Å². The Morgan fingerprint density at radius 2 is 2.22 bits per heavy atom. The SMILES string of the molecule is CC1(C)CN(C(=O)c2cscn2)C[C@]1(O)C1CC1. The molecule has 1 aliphatic carbocycles. The van der Waals surface area contributed by atoms with Gasteiger partial charge < -0.3 is 10.0 Å². The summed E-state index contributed by atoms with van der Waals surface area (Å²) in [5, 5.41) is 12.6. The van der Waals surface area contributed by atoms with Crippen LogP contribution in [0.3, 0.4) is 0 Å². The minimum atomic E-state index is -0.724. The highest BCUT2D eigenvalue weighted by atomic mass is 32.1. The van der Waals surface area contributed by atoms with Crippen molar-refractivity contribution in [1.82, 2.24) is 9.88 Å². The van der Waals surface area contributed by atoms with Crippen LogP contribution in [0, 0.1) is 11.3 Å². The van der Waals surface area contributed by atoms with Crippen molar-refractivity contribution in [3.8, 4) is 0 Å². The predicted octanol–water partition coefficient (Wildman–Crippen LogP) is 1.77. The summed E-state index contributed by atoms with van der Waals surface area (Å²) in [7, 11) is 0. The van der Waals surface area contributed by atoms with Crippen LogP contribution in [-0.4, -0.2) is 39.6 Å². The fourth-order valence-corrected chi connectivity index (χ4v) is 3.57. The van der Waals surface area contributed by atoms with Crippen molar-refractivity contribution < 1.29 is 9.90 Å². The van der Waals surface area contributed by atoms with Gasteiger partial charge in [-0.3, -0.25) is 4.79 Å². The molecule has 1 saturated heterocycles. The number of likely N-dealkylation sites (tertiary alicyclic amines) is 1. The molecule has 1 saturated carbocycles. The number of rotatable bonds is 2. The average molecular weight is 266 g/mol. The Morgan fingerprint density at radius 3 is 2.78 bits per heavy atom. The zero-order valence-corrected chi connectivity index (χ0v) is 11.5. The summed E-state index contributed by atoms with van der Waals surface area (Å²) in [6.45, 7) is 5.16. The van der Waals surface area contributed by atoms with E-state index in [1.165, 1.54) is 11.3 Å². The number of nitrogens with zero attached hydrogens (tertiary/aromatic N) is 2. The second-order valence-corrected chi connectivity index (χ2v) is 6.84. The topological polar surface area (TPSA) is 53.4 Å². The van der Waals surface area contributed by atoms with E-state index in [1.807, 2.05) is 0 Å². The van der Waals surface area contributed by atoms with E-state index >= 15 is 0 Å². The first-order valence-corrected chi connectivity index (χ1v) is 7.28. The highest BCUT2D eigenvalue weighted by molar-refractivity contribution is 7.07. The highest BCUT2D eigenvalue weighted by Crippen LogP contribution is 2.52. The Morgan fingerprint density at radius 1 is 1.50 bits per heavy atom. The number of carbonyl (C=O) groups is 1. The number of β-amino-alcohol motifs (C(OH)–C–C–N with tert-alkyl or cyclic N) is 1. The smallest absolute Gasteiger partial charge is 0.273 e. The van der Waals surface area contributed by atoms with Gasteiger partial charge in [-0.05, 0) is 18.8 Å². The second-order valence-electron chi connectivity index (χ2n) is 6.12. The van der Waals surface area contributed by atoms with E-state index in [4.69, 9.17) is 0 Å². The molecule has 18 heavy (non-hydrogen) atoms. The van der Waals surface area contributed by atoms with Crippen molar-refractivity contribution in [1.29, 1.82) is 0 Å². The number of amides is 1. The Hall–Kier alpha value is -0.940. The van der Waals surface area contributed by atoms with Gasteiger partial charge in [-0.1, -0.05) is 13.8 Å². The van der Waals surface area contributed by atoms with Gasteiger partial charge >= 0.3 is 0 Å². The number of thiazole rings is 1. The maximum Gasteiger partial charge on any atom is 0.273 e. The molecule has 98 valence electrons. The van der Waals surface area contributed by atoms with E-state index in [1.54, 1.807) is 15.8 Å². The van der Waals surface area contributed by atoms with Gasteiger partial charge in [-0.2, -0.15) is 0 Å². The number of aromatic nitrogens is 1. The minimum absolute atomic E-state index is 0.0547. The number of carbonyl (C=O) groups excluding carboxylic acids is 1. The molecule has 1 N–H and O–H groups in total. The van der Waals surface area contributed by atoms with E-state index in [2.05, 4.69) is 18.8 Å². The van der Waals surface area contributed by atoms with Crippen LogP contribution >= 0.6 is 11.3 Å². The van der Waals surface area contributed by atoms with Crippen LogP contribution in [0.5, 0.6) is 0 Å². The number of hydrogen-bond donors (Lipinski definition) is 1. The molecule has 1 atom stereocenters. The first kappa shape index (κ1) is 12.1. The van der Waals surface area contributed by atoms with Crippen molar-refractivity contribution >= 4 is 17.2 Å². The highest BCUT2D eigenvalue weighted by Gasteiger charge is 2.59. The summed E-state index contributed by atoms with van der Waals surface area (Å²) in [4.78, 5) is 18.1. The molecule has 2 heterocycles. The molecule has 0 unspecified atom stereocenters. The molecule has 1 aliphatic heterocycles. The fraction of sp³-hybridized carbons (Fsp3) is 0.692. The summed E-state index contributed by atoms with van der Waals surface area (Å²) in [5.41, 5.74) is 1.20. The molecule has 0 aromatic carbocycles. The Kier molecular flexibility index (Phi) is 2.54. The lowest BCUT2D eigenvalue weighted by atomic mass is 9.75. The lowest BCUT2D eigenvalue weighted by molar-refractivity contribution is -0.0481. The summed E-state index contributed by atoms with van der Waals surface area (Å²) in [6.07, 6.45) is 2.16.